The van der Waals surface area contributed by atoms with Crippen LogP contribution in [0.3, 0.4) is 0 Å². The van der Waals surface area contributed by atoms with Gasteiger partial charge in [-0.3, -0.25) is 9.69 Å². The van der Waals surface area contributed by atoms with E-state index in [1.54, 1.807) is 12.1 Å². The Balaban J connectivity index is 1.86. The number of carbonyl (C=O) groups excluding carboxylic acids is 1. The van der Waals surface area contributed by atoms with E-state index in [1.165, 1.54) is 12.1 Å². The fourth-order valence-corrected chi connectivity index (χ4v) is 2.46. The van der Waals surface area contributed by atoms with Crippen LogP contribution in [0.2, 0.25) is 0 Å². The molecule has 1 heterocycles. The molecule has 23 heavy (non-hydrogen) atoms. The molecule has 1 atom stereocenters. The molecule has 1 fully saturated rings. The van der Waals surface area contributed by atoms with Crippen LogP contribution in [0, 0.1) is 0 Å². The van der Waals surface area contributed by atoms with Gasteiger partial charge in [0, 0.05) is 19.6 Å². The Bertz CT molecular complexity index is 570. The van der Waals surface area contributed by atoms with Crippen molar-refractivity contribution >= 4 is 11.9 Å². The molecule has 0 aliphatic carbocycles. The number of ether oxygens (including phenoxy) is 1. The van der Waals surface area contributed by atoms with Crippen LogP contribution in [0.4, 0.5) is 0 Å². The van der Waals surface area contributed by atoms with Crippen molar-refractivity contribution < 1.29 is 24.5 Å². The third kappa shape index (κ3) is 4.20. The first-order valence-electron chi connectivity index (χ1n) is 7.48. The van der Waals surface area contributed by atoms with Crippen molar-refractivity contribution in [3.8, 4) is 5.75 Å². The summed E-state index contributed by atoms with van der Waals surface area (Å²) in [6, 6.07) is 5.99. The van der Waals surface area contributed by atoms with Crippen LogP contribution in [0.15, 0.2) is 24.3 Å². The van der Waals surface area contributed by atoms with Gasteiger partial charge in [0.1, 0.15) is 18.5 Å². The Morgan fingerprint density at radius 3 is 2.65 bits per heavy atom. The number of carboxylic acid groups (broad SMARTS) is 1. The maximum Gasteiger partial charge on any atom is 0.335 e. The van der Waals surface area contributed by atoms with Crippen LogP contribution < -0.4 is 10.1 Å². The molecular weight excluding hydrogens is 300 g/mol. The highest BCUT2D eigenvalue weighted by atomic mass is 16.5. The molecule has 126 valence electrons. The number of hydrogen-bond acceptors (Lipinski definition) is 5. The summed E-state index contributed by atoms with van der Waals surface area (Å²) < 4.78 is 5.47. The predicted octanol–water partition coefficient (Wildman–Crippen LogP) is 0.335. The number of piperazine rings is 1. The summed E-state index contributed by atoms with van der Waals surface area (Å²) in [5.74, 6) is -0.562. The molecule has 1 amide bonds. The Morgan fingerprint density at radius 1 is 1.39 bits per heavy atom. The zero-order valence-electron chi connectivity index (χ0n) is 13.3. The van der Waals surface area contributed by atoms with Crippen LogP contribution in [0.1, 0.15) is 24.2 Å². The van der Waals surface area contributed by atoms with Crippen LogP contribution in [-0.2, 0) is 4.79 Å². The van der Waals surface area contributed by atoms with Gasteiger partial charge in [-0.05, 0) is 38.1 Å². The van der Waals surface area contributed by atoms with Gasteiger partial charge in [-0.25, -0.2) is 4.79 Å². The molecule has 2 rings (SSSR count). The summed E-state index contributed by atoms with van der Waals surface area (Å²) in [5.41, 5.74) is -0.485. The molecule has 0 bridgehead atoms. The van der Waals surface area contributed by atoms with Gasteiger partial charge in [0.25, 0.3) is 0 Å². The first kappa shape index (κ1) is 17.2. The average Bonchev–Trinajstić information content (AvgIpc) is 2.50. The zero-order valence-corrected chi connectivity index (χ0v) is 13.3. The number of carboxylic acids is 1. The Morgan fingerprint density at radius 2 is 2.04 bits per heavy atom. The molecule has 0 radical (unpaired) electrons. The molecule has 1 saturated heterocycles. The lowest BCUT2D eigenvalue weighted by molar-refractivity contribution is -0.136. The summed E-state index contributed by atoms with van der Waals surface area (Å²) >= 11 is 0. The molecule has 3 N–H and O–H groups in total. The van der Waals surface area contributed by atoms with Crippen molar-refractivity contribution in [3.63, 3.8) is 0 Å². The quantitative estimate of drug-likeness (QED) is 0.698. The minimum absolute atomic E-state index is 0.0545. The molecule has 0 saturated carbocycles. The number of β-amino-alcohol motifs (C(OH)–C–C–N with tert-alkyl or cyclic N) is 1. The van der Waals surface area contributed by atoms with Gasteiger partial charge in [-0.15, -0.1) is 0 Å². The van der Waals surface area contributed by atoms with Crippen molar-refractivity contribution in [2.24, 2.45) is 0 Å². The van der Waals surface area contributed by atoms with Crippen molar-refractivity contribution in [1.29, 1.82) is 0 Å². The van der Waals surface area contributed by atoms with Crippen LogP contribution in [-0.4, -0.2) is 64.9 Å². The molecule has 0 aromatic heterocycles. The fraction of sp³-hybridized carbons (Fsp3) is 0.500. The number of rotatable bonds is 6. The van der Waals surface area contributed by atoms with E-state index in [0.29, 0.717) is 25.4 Å². The van der Waals surface area contributed by atoms with E-state index >= 15 is 0 Å². The molecule has 7 nitrogen and oxygen atoms in total. The molecule has 1 aromatic rings. The molecule has 0 spiro atoms. The van der Waals surface area contributed by atoms with E-state index in [9.17, 15) is 14.7 Å². The molecule has 7 heteroatoms. The van der Waals surface area contributed by atoms with E-state index in [1.807, 2.05) is 18.7 Å². The summed E-state index contributed by atoms with van der Waals surface area (Å²) in [6.07, 6.45) is -0.751. The Kier molecular flexibility index (Phi) is 5.23. The first-order valence-corrected chi connectivity index (χ1v) is 7.48. The standard InChI is InChI=1S/C16H22N2O5/c1-16(2)15(22)17-7-8-18(16)9-12(19)10-23-13-5-3-11(4-6-13)14(20)21/h3-6,12,19H,7-10H2,1-2H3,(H,17,22)(H,20,21). The lowest BCUT2D eigenvalue weighted by Crippen LogP contribution is -2.63. The monoisotopic (exact) mass is 322 g/mol. The second-order valence-electron chi connectivity index (χ2n) is 6.06. The first-order chi connectivity index (χ1) is 10.8. The van der Waals surface area contributed by atoms with E-state index in [-0.39, 0.29) is 18.1 Å². The summed E-state index contributed by atoms with van der Waals surface area (Å²) in [4.78, 5) is 24.6. The second kappa shape index (κ2) is 6.97. The van der Waals surface area contributed by atoms with Crippen molar-refractivity contribution in [2.75, 3.05) is 26.2 Å². The summed E-state index contributed by atoms with van der Waals surface area (Å²) in [7, 11) is 0. The zero-order chi connectivity index (χ0) is 17.0. The molecule has 1 unspecified atom stereocenters. The number of benzene rings is 1. The number of aliphatic hydroxyl groups is 1. The highest BCUT2D eigenvalue weighted by Crippen LogP contribution is 2.18. The maximum atomic E-state index is 11.9. The Hall–Kier alpha value is -2.12. The third-order valence-electron chi connectivity index (χ3n) is 3.99. The summed E-state index contributed by atoms with van der Waals surface area (Å²) in [5, 5.41) is 21.8. The van der Waals surface area contributed by atoms with Gasteiger partial charge in [0.15, 0.2) is 0 Å². The van der Waals surface area contributed by atoms with Crippen molar-refractivity contribution in [2.45, 2.75) is 25.5 Å². The molecule has 1 aromatic carbocycles. The smallest absolute Gasteiger partial charge is 0.335 e. The minimum Gasteiger partial charge on any atom is -0.491 e. The van der Waals surface area contributed by atoms with Crippen LogP contribution >= 0.6 is 0 Å². The number of nitrogens with one attached hydrogen (secondary N) is 1. The molecule has 1 aliphatic heterocycles. The van der Waals surface area contributed by atoms with E-state index in [0.717, 1.165) is 0 Å². The molecular formula is C16H22N2O5. The Labute approximate surface area is 134 Å². The SMILES string of the molecule is CC1(C)C(=O)NCCN1CC(O)COc1ccc(C(=O)O)cc1. The normalized spacial score (nSPS) is 19.0. The van der Waals surface area contributed by atoms with Crippen molar-refractivity contribution in [1.82, 2.24) is 10.2 Å². The summed E-state index contributed by atoms with van der Waals surface area (Å²) in [6.45, 7) is 5.27. The van der Waals surface area contributed by atoms with Crippen molar-refractivity contribution in [3.05, 3.63) is 29.8 Å². The molecule has 1 aliphatic rings. The van der Waals surface area contributed by atoms with E-state index in [4.69, 9.17) is 9.84 Å². The third-order valence-corrected chi connectivity index (χ3v) is 3.99. The highest BCUT2D eigenvalue weighted by molar-refractivity contribution is 5.87. The van der Waals surface area contributed by atoms with E-state index < -0.39 is 17.6 Å². The van der Waals surface area contributed by atoms with Crippen LogP contribution in [0.5, 0.6) is 5.75 Å². The topological polar surface area (TPSA) is 99.1 Å². The number of aliphatic hydroxyl groups excluding tert-OH is 1. The van der Waals surface area contributed by atoms with Crippen LogP contribution in [0.25, 0.3) is 0 Å². The number of carbonyl (C=O) groups is 2. The van der Waals surface area contributed by atoms with Gasteiger partial charge >= 0.3 is 5.97 Å². The predicted molar refractivity (Wildman–Crippen MR) is 83.6 cm³/mol. The van der Waals surface area contributed by atoms with Gasteiger partial charge in [-0.2, -0.15) is 0 Å². The second-order valence-corrected chi connectivity index (χ2v) is 6.06. The number of hydrogen-bond donors (Lipinski definition) is 3. The van der Waals surface area contributed by atoms with Gasteiger partial charge in [0.2, 0.25) is 5.91 Å². The fourth-order valence-electron chi connectivity index (χ4n) is 2.46. The minimum atomic E-state index is -0.998. The maximum absolute atomic E-state index is 11.9. The van der Waals surface area contributed by atoms with Gasteiger partial charge in [0.05, 0.1) is 11.1 Å². The van der Waals surface area contributed by atoms with Gasteiger partial charge in [-0.1, -0.05) is 0 Å². The number of nitrogens with zero attached hydrogens (tertiary/aromatic N) is 1. The number of aromatic carboxylic acids is 1. The lowest BCUT2D eigenvalue weighted by atomic mass is 9.98. The largest absolute Gasteiger partial charge is 0.491 e. The van der Waals surface area contributed by atoms with E-state index in [2.05, 4.69) is 5.32 Å². The number of amides is 1. The van der Waals surface area contributed by atoms with Gasteiger partial charge < -0.3 is 20.3 Å². The average molecular weight is 322 g/mol. The highest BCUT2D eigenvalue weighted by Gasteiger charge is 2.38. The lowest BCUT2D eigenvalue weighted by Gasteiger charge is -2.41.